The van der Waals surface area contributed by atoms with Gasteiger partial charge >= 0.3 is 0 Å². The third-order valence-electron chi connectivity index (χ3n) is 12.2. The highest BCUT2D eigenvalue weighted by Crippen LogP contribution is 2.65. The van der Waals surface area contributed by atoms with E-state index in [2.05, 4.69) is 205 Å². The van der Waals surface area contributed by atoms with Crippen LogP contribution in [0.2, 0.25) is 0 Å². The van der Waals surface area contributed by atoms with E-state index < -0.39 is 5.41 Å². The molecule has 0 amide bonds. The fourth-order valence-electron chi connectivity index (χ4n) is 10.1. The fraction of sp³-hybridized carbons (Fsp3) is 0.0189. The molecule has 0 radical (unpaired) electrons. The maximum absolute atomic E-state index is 2.55. The van der Waals surface area contributed by atoms with Gasteiger partial charge in [-0.05, 0) is 102 Å². The summed E-state index contributed by atoms with van der Waals surface area (Å²) in [5, 5.41) is 2.58. The van der Waals surface area contributed by atoms with Crippen molar-refractivity contribution in [2.45, 2.75) is 5.41 Å². The van der Waals surface area contributed by atoms with Gasteiger partial charge in [-0.25, -0.2) is 0 Å². The molecule has 0 bridgehead atoms. The normalized spacial score (nSPS) is 13.3. The lowest BCUT2D eigenvalue weighted by Gasteiger charge is -2.36. The van der Waals surface area contributed by atoms with Crippen LogP contribution in [0.4, 0.5) is 17.1 Å². The third kappa shape index (κ3) is 3.78. The third-order valence-corrected chi connectivity index (χ3v) is 12.2. The Hall–Kier alpha value is -6.96. The van der Waals surface area contributed by atoms with Crippen molar-refractivity contribution in [3.8, 4) is 55.6 Å². The quantitative estimate of drug-likeness (QED) is 0.178. The number of anilines is 3. The van der Waals surface area contributed by atoms with Crippen LogP contribution in [0.3, 0.4) is 0 Å². The Morgan fingerprint density at radius 1 is 0.296 bits per heavy atom. The van der Waals surface area contributed by atoms with Gasteiger partial charge in [0.25, 0.3) is 0 Å². The molecule has 0 aromatic heterocycles. The fourth-order valence-corrected chi connectivity index (χ4v) is 10.1. The van der Waals surface area contributed by atoms with E-state index in [9.17, 15) is 0 Å². The summed E-state index contributed by atoms with van der Waals surface area (Å²) in [7, 11) is 0. The Labute approximate surface area is 315 Å². The molecule has 1 heteroatoms. The Morgan fingerprint density at radius 2 is 0.778 bits per heavy atom. The molecule has 54 heavy (non-hydrogen) atoms. The van der Waals surface area contributed by atoms with Crippen LogP contribution in [0.25, 0.3) is 66.4 Å². The summed E-state index contributed by atoms with van der Waals surface area (Å²) < 4.78 is 0. The van der Waals surface area contributed by atoms with Gasteiger partial charge in [0.1, 0.15) is 0 Å². The summed E-state index contributed by atoms with van der Waals surface area (Å²) in [6.45, 7) is 0. The molecule has 0 fully saturated rings. The van der Waals surface area contributed by atoms with E-state index in [0.29, 0.717) is 0 Å². The Kier molecular flexibility index (Phi) is 6.04. The van der Waals surface area contributed by atoms with Crippen molar-refractivity contribution in [2.24, 2.45) is 0 Å². The highest BCUT2D eigenvalue weighted by atomic mass is 15.1. The standard InChI is InChI=1S/C53H33N/c1-2-14-34(15-3-1)35-28-30-36(31-29-35)54(49-33-32-43-38-17-5-4-16-37(38)42-21-12-23-45(49)51(42)43)50-27-13-22-44-41-20-8-11-26-48(41)53(52(44)50)46-24-9-6-18-39(46)40-19-7-10-25-47(40)53/h1-33H. The second-order valence-corrected chi connectivity index (χ2v) is 14.7. The molecule has 0 atom stereocenters. The van der Waals surface area contributed by atoms with Crippen LogP contribution in [0.15, 0.2) is 200 Å². The van der Waals surface area contributed by atoms with Crippen molar-refractivity contribution in [3.63, 3.8) is 0 Å². The Bertz CT molecular complexity index is 2900. The number of rotatable bonds is 4. The van der Waals surface area contributed by atoms with E-state index in [1.54, 1.807) is 0 Å². The van der Waals surface area contributed by atoms with Crippen LogP contribution < -0.4 is 4.90 Å². The summed E-state index contributed by atoms with van der Waals surface area (Å²) in [4.78, 5) is 2.55. The molecule has 0 aliphatic heterocycles. The van der Waals surface area contributed by atoms with Gasteiger partial charge in [-0.1, -0.05) is 176 Å². The lowest BCUT2D eigenvalue weighted by molar-refractivity contribution is 0.793. The van der Waals surface area contributed by atoms with E-state index in [1.807, 2.05) is 0 Å². The van der Waals surface area contributed by atoms with Gasteiger partial charge in [0.2, 0.25) is 0 Å². The zero-order valence-electron chi connectivity index (χ0n) is 29.5. The number of benzene rings is 9. The first-order valence-corrected chi connectivity index (χ1v) is 18.9. The lowest BCUT2D eigenvalue weighted by atomic mass is 9.70. The molecular weight excluding hydrogens is 651 g/mol. The van der Waals surface area contributed by atoms with Crippen LogP contribution in [0, 0.1) is 0 Å². The van der Waals surface area contributed by atoms with Crippen molar-refractivity contribution in [2.75, 3.05) is 4.90 Å². The lowest BCUT2D eigenvalue weighted by Crippen LogP contribution is -2.28. The largest absolute Gasteiger partial charge is 0.310 e. The second-order valence-electron chi connectivity index (χ2n) is 14.7. The SMILES string of the molecule is c1ccc(-c2ccc(N(c3cccc4c3C3(c5ccccc5-c5ccccc53)c3ccccc3-4)c3ccc4c5c(cccc35)-c3ccccc3-4)cc2)cc1. The molecule has 0 N–H and O–H groups in total. The van der Waals surface area contributed by atoms with Gasteiger partial charge in [0, 0.05) is 16.6 Å². The van der Waals surface area contributed by atoms with Gasteiger partial charge in [0.05, 0.1) is 16.8 Å². The smallest absolute Gasteiger partial charge is 0.0746 e. The summed E-state index contributed by atoms with van der Waals surface area (Å²) in [6.07, 6.45) is 0. The van der Waals surface area contributed by atoms with Gasteiger partial charge in [-0.2, -0.15) is 0 Å². The molecule has 3 aliphatic carbocycles. The summed E-state index contributed by atoms with van der Waals surface area (Å²) >= 11 is 0. The molecule has 250 valence electrons. The predicted molar refractivity (Wildman–Crippen MR) is 225 cm³/mol. The van der Waals surface area contributed by atoms with E-state index >= 15 is 0 Å². The average Bonchev–Trinajstić information content (AvgIpc) is 3.85. The molecule has 0 heterocycles. The van der Waals surface area contributed by atoms with Crippen LogP contribution in [-0.4, -0.2) is 0 Å². The van der Waals surface area contributed by atoms with Crippen LogP contribution in [0.1, 0.15) is 22.3 Å². The summed E-state index contributed by atoms with van der Waals surface area (Å²) in [6, 6.07) is 74.5. The Morgan fingerprint density at radius 3 is 1.43 bits per heavy atom. The summed E-state index contributed by atoms with van der Waals surface area (Å²) in [5.74, 6) is 0. The highest BCUT2D eigenvalue weighted by molar-refractivity contribution is 6.19. The predicted octanol–water partition coefficient (Wildman–Crippen LogP) is 14.0. The van der Waals surface area contributed by atoms with Crippen LogP contribution >= 0.6 is 0 Å². The van der Waals surface area contributed by atoms with Crippen LogP contribution in [-0.2, 0) is 5.41 Å². The van der Waals surface area contributed by atoms with Gasteiger partial charge < -0.3 is 4.90 Å². The number of fused-ring (bicyclic) bond motifs is 13. The zero-order chi connectivity index (χ0) is 35.4. The number of nitrogens with zero attached hydrogens (tertiary/aromatic N) is 1. The summed E-state index contributed by atoms with van der Waals surface area (Å²) in [5.41, 5.74) is 21.3. The first kappa shape index (κ1) is 29.6. The van der Waals surface area contributed by atoms with Crippen molar-refractivity contribution in [1.29, 1.82) is 0 Å². The minimum absolute atomic E-state index is 0.483. The second kappa shape index (κ2) is 11.0. The van der Waals surface area contributed by atoms with E-state index in [0.717, 1.165) is 5.69 Å². The molecule has 9 aromatic rings. The van der Waals surface area contributed by atoms with E-state index in [4.69, 9.17) is 0 Å². The van der Waals surface area contributed by atoms with Crippen molar-refractivity contribution in [1.82, 2.24) is 0 Å². The van der Waals surface area contributed by atoms with E-state index in [-0.39, 0.29) is 0 Å². The van der Waals surface area contributed by atoms with Crippen molar-refractivity contribution >= 4 is 27.8 Å². The number of hydrogen-bond donors (Lipinski definition) is 0. The maximum atomic E-state index is 2.55. The number of hydrogen-bond acceptors (Lipinski definition) is 1. The molecule has 0 saturated carbocycles. The Balaban J connectivity index is 1.19. The monoisotopic (exact) mass is 683 g/mol. The van der Waals surface area contributed by atoms with E-state index in [1.165, 1.54) is 100 Å². The molecule has 3 aliphatic rings. The minimum atomic E-state index is -0.483. The van der Waals surface area contributed by atoms with Gasteiger partial charge in [-0.3, -0.25) is 0 Å². The molecule has 1 spiro atoms. The highest BCUT2D eigenvalue weighted by Gasteiger charge is 2.53. The van der Waals surface area contributed by atoms with Crippen LogP contribution in [0.5, 0.6) is 0 Å². The molecule has 0 saturated heterocycles. The molecule has 0 unspecified atom stereocenters. The zero-order valence-corrected chi connectivity index (χ0v) is 29.5. The maximum Gasteiger partial charge on any atom is 0.0746 e. The van der Waals surface area contributed by atoms with Crippen molar-refractivity contribution < 1.29 is 0 Å². The van der Waals surface area contributed by atoms with Gasteiger partial charge in [-0.15, -0.1) is 0 Å². The van der Waals surface area contributed by atoms with Crippen molar-refractivity contribution in [3.05, 3.63) is 222 Å². The minimum Gasteiger partial charge on any atom is -0.310 e. The first-order valence-electron chi connectivity index (χ1n) is 18.9. The topological polar surface area (TPSA) is 3.24 Å². The first-order chi connectivity index (χ1) is 26.8. The molecular formula is C53H33N. The molecule has 12 rings (SSSR count). The average molecular weight is 684 g/mol. The molecule has 9 aromatic carbocycles. The molecule has 1 nitrogen and oxygen atoms in total. The van der Waals surface area contributed by atoms with Gasteiger partial charge in [0.15, 0.2) is 0 Å².